The first-order valence-corrected chi connectivity index (χ1v) is 6.36. The van der Waals surface area contributed by atoms with Crippen LogP contribution < -0.4 is 5.32 Å². The molecule has 2 N–H and O–H groups in total. The third kappa shape index (κ3) is 2.10. The summed E-state index contributed by atoms with van der Waals surface area (Å²) in [4.78, 5) is 16.1. The number of thiazole rings is 1. The minimum Gasteiger partial charge on any atom is -0.477 e. The van der Waals surface area contributed by atoms with Crippen molar-refractivity contribution in [3.63, 3.8) is 0 Å². The summed E-state index contributed by atoms with van der Waals surface area (Å²) < 4.78 is 0. The topological polar surface area (TPSA) is 62.2 Å². The lowest BCUT2D eigenvalue weighted by Gasteiger charge is -2.05. The van der Waals surface area contributed by atoms with Crippen molar-refractivity contribution in [1.82, 2.24) is 10.3 Å². The fourth-order valence-corrected chi connectivity index (χ4v) is 2.91. The summed E-state index contributed by atoms with van der Waals surface area (Å²) in [5.41, 5.74) is 0.784. The molecule has 1 saturated heterocycles. The highest BCUT2D eigenvalue weighted by Crippen LogP contribution is 2.32. The Labute approximate surface area is 98.7 Å². The molecule has 88 valence electrons. The molecule has 5 heteroatoms. The van der Waals surface area contributed by atoms with Crippen molar-refractivity contribution in [3.8, 4) is 0 Å². The molecule has 1 unspecified atom stereocenters. The summed E-state index contributed by atoms with van der Waals surface area (Å²) in [6, 6.07) is 0. The molecule has 16 heavy (non-hydrogen) atoms. The smallest absolute Gasteiger partial charge is 0.347 e. The molecule has 1 aromatic rings. The van der Waals surface area contributed by atoms with Crippen LogP contribution in [0.2, 0.25) is 0 Å². The molecule has 2 rings (SSSR count). The van der Waals surface area contributed by atoms with Crippen LogP contribution in [0, 0.1) is 0 Å². The molecule has 1 aromatic heterocycles. The number of carbonyl (C=O) groups is 1. The van der Waals surface area contributed by atoms with Crippen molar-refractivity contribution in [2.24, 2.45) is 0 Å². The number of aromatic carboxylic acids is 1. The third-order valence-electron chi connectivity index (χ3n) is 2.81. The van der Waals surface area contributed by atoms with E-state index in [1.54, 1.807) is 0 Å². The molecule has 0 spiro atoms. The standard InChI is InChI=1S/C11H16N2O2S/c1-6(2)10-13-8(7-3-4-12-5-7)9(16-10)11(14)15/h6-7,12H,3-5H2,1-2H3,(H,14,15). The van der Waals surface area contributed by atoms with Crippen molar-refractivity contribution < 1.29 is 9.90 Å². The van der Waals surface area contributed by atoms with E-state index in [4.69, 9.17) is 0 Å². The Morgan fingerprint density at radius 3 is 2.88 bits per heavy atom. The molecular weight excluding hydrogens is 224 g/mol. The van der Waals surface area contributed by atoms with Gasteiger partial charge in [-0.2, -0.15) is 0 Å². The highest BCUT2D eigenvalue weighted by Gasteiger charge is 2.27. The van der Waals surface area contributed by atoms with Crippen molar-refractivity contribution in [3.05, 3.63) is 15.6 Å². The fraction of sp³-hybridized carbons (Fsp3) is 0.636. The zero-order valence-corrected chi connectivity index (χ0v) is 10.3. The van der Waals surface area contributed by atoms with Crippen LogP contribution in [-0.2, 0) is 0 Å². The van der Waals surface area contributed by atoms with Gasteiger partial charge in [0.05, 0.1) is 10.7 Å². The van der Waals surface area contributed by atoms with Crippen LogP contribution in [-0.4, -0.2) is 29.1 Å². The van der Waals surface area contributed by atoms with Gasteiger partial charge >= 0.3 is 5.97 Å². The Morgan fingerprint density at radius 2 is 2.38 bits per heavy atom. The van der Waals surface area contributed by atoms with Crippen LogP contribution >= 0.6 is 11.3 Å². The summed E-state index contributed by atoms with van der Waals surface area (Å²) in [7, 11) is 0. The summed E-state index contributed by atoms with van der Waals surface area (Å²) in [6.45, 7) is 5.89. The van der Waals surface area contributed by atoms with E-state index in [2.05, 4.69) is 10.3 Å². The highest BCUT2D eigenvalue weighted by atomic mass is 32.1. The van der Waals surface area contributed by atoms with Gasteiger partial charge in [0, 0.05) is 18.4 Å². The molecule has 2 heterocycles. The lowest BCUT2D eigenvalue weighted by Crippen LogP contribution is -2.10. The van der Waals surface area contributed by atoms with Gasteiger partial charge in [0.15, 0.2) is 0 Å². The Hall–Kier alpha value is -0.940. The second-order valence-corrected chi connectivity index (χ2v) is 5.45. The maximum Gasteiger partial charge on any atom is 0.347 e. The van der Waals surface area contributed by atoms with Crippen LogP contribution in [0.25, 0.3) is 0 Å². The van der Waals surface area contributed by atoms with E-state index in [0.29, 0.717) is 10.8 Å². The van der Waals surface area contributed by atoms with Crippen molar-refractivity contribution in [1.29, 1.82) is 0 Å². The lowest BCUT2D eigenvalue weighted by atomic mass is 10.0. The third-order valence-corrected chi connectivity index (χ3v) is 4.16. The van der Waals surface area contributed by atoms with Crippen LogP contribution in [0.4, 0.5) is 0 Å². The Bertz CT molecular complexity index is 395. The summed E-state index contributed by atoms with van der Waals surface area (Å²) in [6.07, 6.45) is 0.988. The first kappa shape index (κ1) is 11.5. The Balaban J connectivity index is 2.37. The summed E-state index contributed by atoms with van der Waals surface area (Å²) in [5.74, 6) is -0.271. The van der Waals surface area contributed by atoms with Gasteiger partial charge in [-0.05, 0) is 13.0 Å². The first-order chi connectivity index (χ1) is 7.59. The van der Waals surface area contributed by atoms with Crippen molar-refractivity contribution in [2.45, 2.75) is 32.1 Å². The average molecular weight is 240 g/mol. The van der Waals surface area contributed by atoms with Gasteiger partial charge in [-0.3, -0.25) is 0 Å². The molecule has 0 bridgehead atoms. The lowest BCUT2D eigenvalue weighted by molar-refractivity contribution is 0.0700. The second kappa shape index (κ2) is 4.51. The molecule has 1 atom stereocenters. The number of carboxylic acids is 1. The van der Waals surface area contributed by atoms with E-state index >= 15 is 0 Å². The van der Waals surface area contributed by atoms with Crippen LogP contribution in [0.3, 0.4) is 0 Å². The number of aromatic nitrogens is 1. The highest BCUT2D eigenvalue weighted by molar-refractivity contribution is 7.13. The quantitative estimate of drug-likeness (QED) is 0.848. The minimum atomic E-state index is -0.841. The summed E-state index contributed by atoms with van der Waals surface area (Å²) in [5, 5.41) is 13.3. The normalized spacial score (nSPS) is 20.6. The number of hydrogen-bond acceptors (Lipinski definition) is 4. The molecule has 4 nitrogen and oxygen atoms in total. The molecule has 0 radical (unpaired) electrons. The molecule has 1 aliphatic rings. The predicted molar refractivity (Wildman–Crippen MR) is 63.4 cm³/mol. The van der Waals surface area contributed by atoms with Crippen LogP contribution in [0.5, 0.6) is 0 Å². The molecular formula is C11H16N2O2S. The fourth-order valence-electron chi connectivity index (χ4n) is 1.91. The first-order valence-electron chi connectivity index (χ1n) is 5.54. The summed E-state index contributed by atoms with van der Waals surface area (Å²) >= 11 is 1.32. The van der Waals surface area contributed by atoms with Gasteiger partial charge < -0.3 is 10.4 Å². The van der Waals surface area contributed by atoms with Gasteiger partial charge in [0.1, 0.15) is 4.88 Å². The largest absolute Gasteiger partial charge is 0.477 e. The molecule has 0 aromatic carbocycles. The molecule has 0 amide bonds. The van der Waals surface area contributed by atoms with E-state index in [0.717, 1.165) is 30.2 Å². The molecule has 0 saturated carbocycles. The zero-order valence-electron chi connectivity index (χ0n) is 9.49. The number of rotatable bonds is 3. The van der Waals surface area contributed by atoms with Crippen molar-refractivity contribution >= 4 is 17.3 Å². The van der Waals surface area contributed by atoms with Gasteiger partial charge in [0.2, 0.25) is 0 Å². The number of carboxylic acid groups (broad SMARTS) is 1. The average Bonchev–Trinajstić information content (AvgIpc) is 2.86. The zero-order chi connectivity index (χ0) is 11.7. The Kier molecular flexibility index (Phi) is 3.25. The molecule has 0 aliphatic carbocycles. The van der Waals surface area contributed by atoms with E-state index in [-0.39, 0.29) is 5.92 Å². The SMILES string of the molecule is CC(C)c1nc(C2CCNC2)c(C(=O)O)s1. The van der Waals surface area contributed by atoms with Crippen LogP contribution in [0.15, 0.2) is 0 Å². The number of nitrogens with zero attached hydrogens (tertiary/aromatic N) is 1. The minimum absolute atomic E-state index is 0.273. The van der Waals surface area contributed by atoms with Gasteiger partial charge in [-0.15, -0.1) is 11.3 Å². The van der Waals surface area contributed by atoms with Gasteiger partial charge in [-0.1, -0.05) is 13.8 Å². The predicted octanol–water partition coefficient (Wildman–Crippen LogP) is 2.04. The van der Waals surface area contributed by atoms with E-state index < -0.39 is 5.97 Å². The number of hydrogen-bond donors (Lipinski definition) is 2. The molecule has 1 aliphatic heterocycles. The van der Waals surface area contributed by atoms with Gasteiger partial charge in [-0.25, -0.2) is 9.78 Å². The number of nitrogens with one attached hydrogen (secondary N) is 1. The van der Waals surface area contributed by atoms with Gasteiger partial charge in [0.25, 0.3) is 0 Å². The van der Waals surface area contributed by atoms with Crippen LogP contribution in [0.1, 0.15) is 52.5 Å². The monoisotopic (exact) mass is 240 g/mol. The Morgan fingerprint density at radius 1 is 1.62 bits per heavy atom. The molecule has 1 fully saturated rings. The van der Waals surface area contributed by atoms with E-state index in [1.165, 1.54) is 11.3 Å². The van der Waals surface area contributed by atoms with E-state index in [9.17, 15) is 9.90 Å². The second-order valence-electron chi connectivity index (χ2n) is 4.42. The maximum absolute atomic E-state index is 11.2. The van der Waals surface area contributed by atoms with Crippen molar-refractivity contribution in [2.75, 3.05) is 13.1 Å². The maximum atomic E-state index is 11.2. The van der Waals surface area contributed by atoms with E-state index in [1.807, 2.05) is 13.8 Å².